The van der Waals surface area contributed by atoms with Crippen molar-refractivity contribution in [3.05, 3.63) is 30.3 Å². The van der Waals surface area contributed by atoms with E-state index in [0.29, 0.717) is 6.42 Å². The summed E-state index contributed by atoms with van der Waals surface area (Å²) >= 11 is 0. The van der Waals surface area contributed by atoms with Gasteiger partial charge in [-0.2, -0.15) is 0 Å². The lowest BCUT2D eigenvalue weighted by Gasteiger charge is -2.16. The number of hydrogen-bond acceptors (Lipinski definition) is 3. The van der Waals surface area contributed by atoms with Gasteiger partial charge < -0.3 is 13.9 Å². The molecule has 3 heterocycles. The maximum atomic E-state index is 11.6. The normalized spacial score (nSPS) is 15.1. The SMILES string of the molecule is CCCc1ccc(-c2nccn2CCN2CCCC2=O)o1. The van der Waals surface area contributed by atoms with Crippen LogP contribution in [-0.2, 0) is 17.8 Å². The molecule has 1 saturated heterocycles. The monoisotopic (exact) mass is 287 g/mol. The van der Waals surface area contributed by atoms with E-state index in [-0.39, 0.29) is 5.91 Å². The van der Waals surface area contributed by atoms with E-state index in [4.69, 9.17) is 4.42 Å². The molecular weight excluding hydrogens is 266 g/mol. The van der Waals surface area contributed by atoms with Crippen molar-refractivity contribution < 1.29 is 9.21 Å². The molecule has 0 N–H and O–H groups in total. The molecule has 0 bridgehead atoms. The average molecular weight is 287 g/mol. The van der Waals surface area contributed by atoms with Gasteiger partial charge in [-0.1, -0.05) is 6.92 Å². The molecule has 0 saturated carbocycles. The van der Waals surface area contributed by atoms with Crippen LogP contribution in [0.1, 0.15) is 31.9 Å². The Balaban J connectivity index is 1.69. The van der Waals surface area contributed by atoms with Crippen molar-refractivity contribution in [1.82, 2.24) is 14.5 Å². The Bertz CT molecular complexity index is 615. The third-order valence-electron chi connectivity index (χ3n) is 3.88. The van der Waals surface area contributed by atoms with Crippen LogP contribution in [0.5, 0.6) is 0 Å². The molecule has 0 unspecified atom stereocenters. The summed E-state index contributed by atoms with van der Waals surface area (Å²) in [5.41, 5.74) is 0. The van der Waals surface area contributed by atoms with Gasteiger partial charge in [0, 0.05) is 44.9 Å². The van der Waals surface area contributed by atoms with Crippen molar-refractivity contribution >= 4 is 5.91 Å². The molecule has 0 atom stereocenters. The fourth-order valence-corrected chi connectivity index (χ4v) is 2.76. The Morgan fingerprint density at radius 2 is 2.24 bits per heavy atom. The number of imidazole rings is 1. The molecule has 2 aromatic rings. The molecule has 112 valence electrons. The standard InChI is InChI=1S/C16H21N3O2/c1-2-4-13-6-7-14(21-13)16-17-8-10-19(16)12-11-18-9-3-5-15(18)20/h6-8,10H,2-5,9,11-12H2,1H3. The van der Waals surface area contributed by atoms with E-state index < -0.39 is 0 Å². The summed E-state index contributed by atoms with van der Waals surface area (Å²) in [5.74, 6) is 2.90. The van der Waals surface area contributed by atoms with E-state index in [1.165, 1.54) is 0 Å². The van der Waals surface area contributed by atoms with Crippen LogP contribution in [0.2, 0.25) is 0 Å². The van der Waals surface area contributed by atoms with Gasteiger partial charge in [0.1, 0.15) is 5.76 Å². The van der Waals surface area contributed by atoms with E-state index in [2.05, 4.69) is 16.5 Å². The van der Waals surface area contributed by atoms with Crippen LogP contribution in [0.15, 0.2) is 28.9 Å². The molecule has 3 rings (SSSR count). The van der Waals surface area contributed by atoms with Gasteiger partial charge in [0.15, 0.2) is 11.6 Å². The molecule has 21 heavy (non-hydrogen) atoms. The van der Waals surface area contributed by atoms with E-state index in [1.54, 1.807) is 6.20 Å². The zero-order chi connectivity index (χ0) is 14.7. The minimum Gasteiger partial charge on any atom is -0.458 e. The summed E-state index contributed by atoms with van der Waals surface area (Å²) < 4.78 is 7.89. The van der Waals surface area contributed by atoms with E-state index >= 15 is 0 Å². The van der Waals surface area contributed by atoms with Crippen molar-refractivity contribution in [1.29, 1.82) is 0 Å². The maximum absolute atomic E-state index is 11.6. The first-order valence-electron chi connectivity index (χ1n) is 7.66. The summed E-state index contributed by atoms with van der Waals surface area (Å²) in [5, 5.41) is 0. The Morgan fingerprint density at radius 3 is 3.00 bits per heavy atom. The summed E-state index contributed by atoms with van der Waals surface area (Å²) in [6.45, 7) is 4.51. The number of furan rings is 1. The molecule has 1 amide bonds. The molecule has 0 aromatic carbocycles. The summed E-state index contributed by atoms with van der Waals surface area (Å²) in [4.78, 5) is 18.0. The first kappa shape index (κ1) is 13.9. The van der Waals surface area contributed by atoms with Crippen LogP contribution >= 0.6 is 0 Å². The van der Waals surface area contributed by atoms with Crippen molar-refractivity contribution in [3.63, 3.8) is 0 Å². The number of carbonyl (C=O) groups excluding carboxylic acids is 1. The Labute approximate surface area is 124 Å². The first-order valence-corrected chi connectivity index (χ1v) is 7.66. The molecule has 5 nitrogen and oxygen atoms in total. The van der Waals surface area contributed by atoms with Crippen LogP contribution in [-0.4, -0.2) is 33.4 Å². The number of amides is 1. The van der Waals surface area contributed by atoms with Crippen molar-refractivity contribution in [2.45, 2.75) is 39.2 Å². The third-order valence-corrected chi connectivity index (χ3v) is 3.88. The van der Waals surface area contributed by atoms with Gasteiger partial charge >= 0.3 is 0 Å². The zero-order valence-corrected chi connectivity index (χ0v) is 12.4. The number of hydrogen-bond donors (Lipinski definition) is 0. The molecular formula is C16H21N3O2. The lowest BCUT2D eigenvalue weighted by atomic mass is 10.3. The van der Waals surface area contributed by atoms with E-state index in [9.17, 15) is 4.79 Å². The predicted molar refractivity (Wildman–Crippen MR) is 79.7 cm³/mol. The minimum absolute atomic E-state index is 0.264. The molecule has 1 aliphatic heterocycles. The second kappa shape index (κ2) is 6.16. The second-order valence-corrected chi connectivity index (χ2v) is 5.44. The number of likely N-dealkylation sites (tertiary alicyclic amines) is 1. The number of carbonyl (C=O) groups is 1. The molecule has 0 spiro atoms. The van der Waals surface area contributed by atoms with Crippen LogP contribution in [0.4, 0.5) is 0 Å². The lowest BCUT2D eigenvalue weighted by molar-refractivity contribution is -0.127. The van der Waals surface area contributed by atoms with Crippen molar-refractivity contribution in [2.75, 3.05) is 13.1 Å². The minimum atomic E-state index is 0.264. The molecule has 0 radical (unpaired) electrons. The van der Waals surface area contributed by atoms with Gasteiger partial charge in [-0.15, -0.1) is 0 Å². The number of rotatable bonds is 6. The Kier molecular flexibility index (Phi) is 4.08. The first-order chi connectivity index (χ1) is 10.3. The number of aromatic nitrogens is 2. The van der Waals surface area contributed by atoms with E-state index in [1.807, 2.05) is 23.2 Å². The van der Waals surface area contributed by atoms with Gasteiger partial charge in [0.05, 0.1) is 0 Å². The van der Waals surface area contributed by atoms with Crippen LogP contribution in [0, 0.1) is 0 Å². The molecule has 0 aliphatic carbocycles. The fraction of sp³-hybridized carbons (Fsp3) is 0.500. The summed E-state index contributed by atoms with van der Waals surface area (Å²) in [6.07, 6.45) is 7.41. The number of nitrogens with zero attached hydrogens (tertiary/aromatic N) is 3. The Hall–Kier alpha value is -2.04. The molecule has 2 aromatic heterocycles. The summed E-state index contributed by atoms with van der Waals surface area (Å²) in [6, 6.07) is 3.99. The fourth-order valence-electron chi connectivity index (χ4n) is 2.76. The topological polar surface area (TPSA) is 51.3 Å². The number of aryl methyl sites for hydroxylation is 1. The molecule has 1 fully saturated rings. The predicted octanol–water partition coefficient (Wildman–Crippen LogP) is 2.72. The highest BCUT2D eigenvalue weighted by atomic mass is 16.3. The highest BCUT2D eigenvalue weighted by Crippen LogP contribution is 2.21. The molecule has 1 aliphatic rings. The van der Waals surface area contributed by atoms with Crippen LogP contribution < -0.4 is 0 Å². The van der Waals surface area contributed by atoms with Crippen LogP contribution in [0.25, 0.3) is 11.6 Å². The highest BCUT2D eigenvalue weighted by Gasteiger charge is 2.20. The molecule has 5 heteroatoms. The highest BCUT2D eigenvalue weighted by molar-refractivity contribution is 5.78. The van der Waals surface area contributed by atoms with Gasteiger partial charge in [-0.05, 0) is 25.0 Å². The quantitative estimate of drug-likeness (QED) is 0.821. The van der Waals surface area contributed by atoms with Gasteiger partial charge in [0.25, 0.3) is 0 Å². The van der Waals surface area contributed by atoms with Gasteiger partial charge in [-0.3, -0.25) is 4.79 Å². The lowest BCUT2D eigenvalue weighted by Crippen LogP contribution is -2.28. The Morgan fingerprint density at radius 1 is 1.33 bits per heavy atom. The van der Waals surface area contributed by atoms with E-state index in [0.717, 1.165) is 56.2 Å². The third kappa shape index (κ3) is 3.01. The smallest absolute Gasteiger partial charge is 0.222 e. The van der Waals surface area contributed by atoms with Crippen molar-refractivity contribution in [2.24, 2.45) is 0 Å². The zero-order valence-electron chi connectivity index (χ0n) is 12.4. The van der Waals surface area contributed by atoms with Gasteiger partial charge in [-0.25, -0.2) is 4.98 Å². The second-order valence-electron chi connectivity index (χ2n) is 5.44. The summed E-state index contributed by atoms with van der Waals surface area (Å²) in [7, 11) is 0. The van der Waals surface area contributed by atoms with Crippen molar-refractivity contribution in [3.8, 4) is 11.6 Å². The maximum Gasteiger partial charge on any atom is 0.222 e. The largest absolute Gasteiger partial charge is 0.458 e. The van der Waals surface area contributed by atoms with Crippen LogP contribution in [0.3, 0.4) is 0 Å². The average Bonchev–Trinajstić information content (AvgIpc) is 3.17. The van der Waals surface area contributed by atoms with Gasteiger partial charge in [0.2, 0.25) is 5.91 Å².